The van der Waals surface area contributed by atoms with Crippen LogP contribution in [0.15, 0.2) is 23.0 Å². The third-order valence-electron chi connectivity index (χ3n) is 9.04. The third kappa shape index (κ3) is 5.21. The zero-order valence-corrected chi connectivity index (χ0v) is 26.0. The topological polar surface area (TPSA) is 73.7 Å². The molecule has 220 valence electrons. The molecule has 1 atom stereocenters. The number of benzene rings is 1. The van der Waals surface area contributed by atoms with E-state index in [2.05, 4.69) is 24.8 Å². The van der Waals surface area contributed by atoms with Gasteiger partial charge in [0, 0.05) is 29.6 Å². The van der Waals surface area contributed by atoms with Gasteiger partial charge in [0.15, 0.2) is 0 Å². The molecule has 0 amide bonds. The van der Waals surface area contributed by atoms with Crippen LogP contribution in [-0.4, -0.2) is 40.6 Å². The predicted octanol–water partition coefficient (Wildman–Crippen LogP) is 6.73. The summed E-state index contributed by atoms with van der Waals surface area (Å²) in [6, 6.07) is 6.12. The number of methoxy groups -OCH3 is 1. The number of esters is 1. The Kier molecular flexibility index (Phi) is 8.61. The van der Waals surface area contributed by atoms with Crippen molar-refractivity contribution in [1.82, 2.24) is 14.5 Å². The summed E-state index contributed by atoms with van der Waals surface area (Å²) in [4.78, 5) is 34.3. The quantitative estimate of drug-likeness (QED) is 0.244. The molecule has 1 saturated heterocycles. The van der Waals surface area contributed by atoms with Gasteiger partial charge < -0.3 is 14.0 Å². The first-order chi connectivity index (χ1) is 19.7. The number of hydrogen-bond acceptors (Lipinski definition) is 6. The Morgan fingerprint density at radius 1 is 1.15 bits per heavy atom. The number of rotatable bonds is 5. The Hall–Kier alpha value is -2.74. The van der Waals surface area contributed by atoms with Gasteiger partial charge in [-0.3, -0.25) is 14.5 Å². The predicted molar refractivity (Wildman–Crippen MR) is 163 cm³/mol. The molecule has 3 aromatic rings. The molecule has 3 aliphatic heterocycles. The van der Waals surface area contributed by atoms with E-state index in [4.69, 9.17) is 26.1 Å². The molecule has 1 aromatic carbocycles. The zero-order chi connectivity index (χ0) is 29.5. The summed E-state index contributed by atoms with van der Waals surface area (Å²) in [6.07, 6.45) is 3.88. The Labute approximate surface area is 247 Å². The van der Waals surface area contributed by atoms with Gasteiger partial charge >= 0.3 is 5.97 Å². The number of ether oxygens (including phenoxy) is 2. The SMILES string of the molecule is CC.CCCC1(OC)CC(=O)OCc2c1cc1n(c2=O)Cc2c-1nc1cc(Cl)c(C)cc1c2CN1CCC(C)CC1. The Morgan fingerprint density at radius 2 is 1.88 bits per heavy atom. The first-order valence-corrected chi connectivity index (χ1v) is 15.4. The first-order valence-electron chi connectivity index (χ1n) is 15.1. The summed E-state index contributed by atoms with van der Waals surface area (Å²) >= 11 is 6.57. The second-order valence-electron chi connectivity index (χ2n) is 11.6. The molecule has 5 heterocycles. The number of halogens is 1. The minimum absolute atomic E-state index is 0.0402. The van der Waals surface area contributed by atoms with E-state index in [0.29, 0.717) is 23.6 Å². The molecule has 3 aliphatic rings. The lowest BCUT2D eigenvalue weighted by Gasteiger charge is -2.32. The van der Waals surface area contributed by atoms with E-state index in [1.165, 1.54) is 18.4 Å². The normalized spacial score (nSPS) is 20.5. The number of piperidine rings is 1. The zero-order valence-electron chi connectivity index (χ0n) is 25.2. The van der Waals surface area contributed by atoms with Crippen molar-refractivity contribution in [1.29, 1.82) is 0 Å². The molecule has 0 bridgehead atoms. The van der Waals surface area contributed by atoms with Crippen LogP contribution in [0.5, 0.6) is 0 Å². The maximum Gasteiger partial charge on any atom is 0.309 e. The van der Waals surface area contributed by atoms with Gasteiger partial charge in [-0.05, 0) is 80.1 Å². The van der Waals surface area contributed by atoms with Crippen molar-refractivity contribution in [3.05, 3.63) is 61.4 Å². The molecule has 0 N–H and O–H groups in total. The molecule has 8 heteroatoms. The maximum absolute atomic E-state index is 14.0. The van der Waals surface area contributed by atoms with Gasteiger partial charge in [-0.15, -0.1) is 0 Å². The van der Waals surface area contributed by atoms with Crippen LogP contribution < -0.4 is 5.56 Å². The van der Waals surface area contributed by atoms with Crippen LogP contribution in [0, 0.1) is 12.8 Å². The van der Waals surface area contributed by atoms with E-state index in [0.717, 1.165) is 71.0 Å². The number of carbonyl (C=O) groups is 1. The Balaban J connectivity index is 0.00000165. The summed E-state index contributed by atoms with van der Waals surface area (Å²) in [7, 11) is 1.62. The van der Waals surface area contributed by atoms with E-state index in [1.807, 2.05) is 32.9 Å². The van der Waals surface area contributed by atoms with Gasteiger partial charge in [-0.25, -0.2) is 4.98 Å². The van der Waals surface area contributed by atoms with Crippen LogP contribution in [-0.2, 0) is 39.6 Å². The highest BCUT2D eigenvalue weighted by atomic mass is 35.5. The Bertz CT molecular complexity index is 1540. The van der Waals surface area contributed by atoms with Gasteiger partial charge in [0.2, 0.25) is 0 Å². The van der Waals surface area contributed by atoms with Gasteiger partial charge in [0.1, 0.15) is 12.2 Å². The summed E-state index contributed by atoms with van der Waals surface area (Å²) in [5, 5.41) is 1.78. The summed E-state index contributed by atoms with van der Waals surface area (Å²) in [6.45, 7) is 13.7. The van der Waals surface area contributed by atoms with Crippen molar-refractivity contribution in [3.8, 4) is 11.4 Å². The summed E-state index contributed by atoms with van der Waals surface area (Å²) in [5.41, 5.74) is 5.98. The van der Waals surface area contributed by atoms with E-state index in [1.54, 1.807) is 11.7 Å². The lowest BCUT2D eigenvalue weighted by Crippen LogP contribution is -2.34. The van der Waals surface area contributed by atoms with Crippen LogP contribution >= 0.6 is 11.6 Å². The number of cyclic esters (lactones) is 1. The maximum atomic E-state index is 14.0. The van der Waals surface area contributed by atoms with E-state index in [-0.39, 0.29) is 24.6 Å². The minimum atomic E-state index is -0.903. The van der Waals surface area contributed by atoms with E-state index in [9.17, 15) is 9.59 Å². The van der Waals surface area contributed by atoms with E-state index < -0.39 is 5.60 Å². The average Bonchev–Trinajstić information content (AvgIpc) is 3.26. The highest BCUT2D eigenvalue weighted by Crippen LogP contribution is 2.43. The van der Waals surface area contributed by atoms with Gasteiger partial charge in [0.05, 0.1) is 35.4 Å². The molecule has 0 radical (unpaired) electrons. The number of hydrogen-bond donors (Lipinski definition) is 0. The highest BCUT2D eigenvalue weighted by molar-refractivity contribution is 6.32. The molecule has 0 aliphatic carbocycles. The van der Waals surface area contributed by atoms with Crippen molar-refractivity contribution < 1.29 is 14.3 Å². The van der Waals surface area contributed by atoms with Crippen molar-refractivity contribution in [2.24, 2.45) is 5.92 Å². The molecule has 7 nitrogen and oxygen atoms in total. The smallest absolute Gasteiger partial charge is 0.309 e. The second-order valence-corrected chi connectivity index (χ2v) is 12.0. The van der Waals surface area contributed by atoms with Crippen LogP contribution in [0.4, 0.5) is 0 Å². The number of fused-ring (bicyclic) bond motifs is 5. The van der Waals surface area contributed by atoms with Crippen LogP contribution in [0.1, 0.15) is 87.6 Å². The molecule has 41 heavy (non-hydrogen) atoms. The second kappa shape index (κ2) is 11.9. The van der Waals surface area contributed by atoms with Crippen LogP contribution in [0.25, 0.3) is 22.3 Å². The largest absolute Gasteiger partial charge is 0.460 e. The fourth-order valence-electron chi connectivity index (χ4n) is 6.69. The van der Waals surface area contributed by atoms with E-state index >= 15 is 0 Å². The molecular formula is C33H42ClN3O4. The van der Waals surface area contributed by atoms with Crippen LogP contribution in [0.3, 0.4) is 0 Å². The highest BCUT2D eigenvalue weighted by Gasteiger charge is 2.42. The fourth-order valence-corrected chi connectivity index (χ4v) is 6.85. The van der Waals surface area contributed by atoms with Crippen molar-refractivity contribution in [2.75, 3.05) is 20.2 Å². The standard InChI is InChI=1S/C31H36ClN3O4.C2H6/c1-5-8-31(38-4)14-28(36)39-17-23-24(31)12-27-29-22(16-35(27)30(23)37)21(15-34-9-6-18(2)7-10-34)20-11-19(3)25(32)13-26(20)33-29;1-2/h11-13,18H,5-10,14-17H2,1-4H3;1-2H3. The number of carbonyl (C=O) groups excluding carboxylic acids is 1. The number of likely N-dealkylation sites (tertiary alicyclic amines) is 1. The van der Waals surface area contributed by atoms with Crippen molar-refractivity contribution >= 4 is 28.5 Å². The molecule has 2 aromatic heterocycles. The van der Waals surface area contributed by atoms with Gasteiger partial charge in [-0.2, -0.15) is 0 Å². The molecule has 0 spiro atoms. The monoisotopic (exact) mass is 579 g/mol. The molecular weight excluding hydrogens is 538 g/mol. The van der Waals surface area contributed by atoms with Gasteiger partial charge in [-0.1, -0.05) is 45.7 Å². The number of aromatic nitrogens is 2. The minimum Gasteiger partial charge on any atom is -0.460 e. The summed E-state index contributed by atoms with van der Waals surface area (Å²) < 4.78 is 13.3. The molecule has 6 rings (SSSR count). The van der Waals surface area contributed by atoms with Crippen LogP contribution in [0.2, 0.25) is 5.02 Å². The van der Waals surface area contributed by atoms with Crippen molar-refractivity contribution in [2.45, 2.75) is 92.0 Å². The lowest BCUT2D eigenvalue weighted by molar-refractivity contribution is -0.151. The molecule has 1 unspecified atom stereocenters. The Morgan fingerprint density at radius 3 is 2.56 bits per heavy atom. The van der Waals surface area contributed by atoms with Gasteiger partial charge in [0.25, 0.3) is 5.56 Å². The number of pyridine rings is 2. The number of aryl methyl sites for hydroxylation is 1. The van der Waals surface area contributed by atoms with Crippen molar-refractivity contribution in [3.63, 3.8) is 0 Å². The number of nitrogens with zero attached hydrogens (tertiary/aromatic N) is 3. The fraction of sp³-hybridized carbons (Fsp3) is 0.545. The molecule has 1 fully saturated rings. The lowest BCUT2D eigenvalue weighted by atomic mass is 9.83. The average molecular weight is 580 g/mol. The summed E-state index contributed by atoms with van der Waals surface area (Å²) in [5.74, 6) is 0.400. The molecule has 0 saturated carbocycles. The third-order valence-corrected chi connectivity index (χ3v) is 9.45. The first kappa shape index (κ1) is 29.7.